The van der Waals surface area contributed by atoms with Crippen molar-refractivity contribution in [2.75, 3.05) is 7.11 Å². The van der Waals surface area contributed by atoms with Crippen LogP contribution in [0.15, 0.2) is 60.7 Å². The third kappa shape index (κ3) is 3.71. The van der Waals surface area contributed by atoms with Gasteiger partial charge in [0, 0.05) is 11.4 Å². The molecule has 0 aliphatic heterocycles. The van der Waals surface area contributed by atoms with E-state index in [9.17, 15) is 9.18 Å². The van der Waals surface area contributed by atoms with Gasteiger partial charge in [0.1, 0.15) is 11.6 Å². The molecule has 0 aliphatic rings. The Kier molecular flexibility index (Phi) is 4.84. The Hall–Kier alpha value is -3.08. The number of aromatic nitrogens is 1. The zero-order valence-corrected chi connectivity index (χ0v) is 13.8. The summed E-state index contributed by atoms with van der Waals surface area (Å²) in [4.78, 5) is 10.9. The maximum atomic E-state index is 13.3. The number of halogens is 1. The first kappa shape index (κ1) is 16.8. The van der Waals surface area contributed by atoms with E-state index in [-0.39, 0.29) is 12.2 Å². The molecular formula is C20H18FNO3. The van der Waals surface area contributed by atoms with Crippen molar-refractivity contribution >= 4 is 5.97 Å². The SMILES string of the molecule is COc1ccc(-c2ccc(CCC(=O)O)n2-c2ccc(F)cc2)cc1. The molecule has 25 heavy (non-hydrogen) atoms. The Morgan fingerprint density at radius 3 is 2.32 bits per heavy atom. The second-order valence-electron chi connectivity index (χ2n) is 5.64. The van der Waals surface area contributed by atoms with Crippen molar-refractivity contribution in [2.24, 2.45) is 0 Å². The summed E-state index contributed by atoms with van der Waals surface area (Å²) in [6.07, 6.45) is 0.427. The highest BCUT2D eigenvalue weighted by molar-refractivity contribution is 5.68. The van der Waals surface area contributed by atoms with Gasteiger partial charge in [0.05, 0.1) is 19.2 Å². The second kappa shape index (κ2) is 7.21. The van der Waals surface area contributed by atoms with E-state index in [1.165, 1.54) is 12.1 Å². The number of benzene rings is 2. The van der Waals surface area contributed by atoms with Crippen molar-refractivity contribution in [3.05, 3.63) is 72.2 Å². The highest BCUT2D eigenvalue weighted by atomic mass is 19.1. The Labute approximate surface area is 145 Å². The third-order valence-corrected chi connectivity index (χ3v) is 4.03. The normalized spacial score (nSPS) is 10.6. The Bertz CT molecular complexity index is 867. The molecule has 0 saturated heterocycles. The molecule has 5 heteroatoms. The second-order valence-corrected chi connectivity index (χ2v) is 5.64. The Morgan fingerprint density at radius 2 is 1.72 bits per heavy atom. The van der Waals surface area contributed by atoms with E-state index in [0.29, 0.717) is 6.42 Å². The van der Waals surface area contributed by atoms with E-state index in [1.54, 1.807) is 19.2 Å². The summed E-state index contributed by atoms with van der Waals surface area (Å²) in [5, 5.41) is 8.98. The molecule has 0 fully saturated rings. The van der Waals surface area contributed by atoms with Crippen LogP contribution in [0.5, 0.6) is 5.75 Å². The van der Waals surface area contributed by atoms with Crippen LogP contribution in [0.4, 0.5) is 4.39 Å². The molecular weight excluding hydrogens is 321 g/mol. The van der Waals surface area contributed by atoms with E-state index < -0.39 is 5.97 Å². The molecule has 3 rings (SSSR count). The molecule has 1 aromatic heterocycles. The van der Waals surface area contributed by atoms with Gasteiger partial charge in [0.15, 0.2) is 0 Å². The van der Waals surface area contributed by atoms with Gasteiger partial charge in [-0.1, -0.05) is 0 Å². The molecule has 0 spiro atoms. The summed E-state index contributed by atoms with van der Waals surface area (Å²) in [7, 11) is 1.61. The predicted molar refractivity (Wildman–Crippen MR) is 93.7 cm³/mol. The number of carbonyl (C=O) groups is 1. The first-order valence-electron chi connectivity index (χ1n) is 7.91. The van der Waals surface area contributed by atoms with Crippen LogP contribution in [-0.2, 0) is 11.2 Å². The molecule has 3 aromatic rings. The van der Waals surface area contributed by atoms with Crippen molar-refractivity contribution in [3.8, 4) is 22.7 Å². The fourth-order valence-electron chi connectivity index (χ4n) is 2.79. The van der Waals surface area contributed by atoms with Crippen LogP contribution in [0.25, 0.3) is 16.9 Å². The molecule has 0 bridgehead atoms. The molecule has 0 saturated carbocycles. The lowest BCUT2D eigenvalue weighted by Crippen LogP contribution is -2.05. The first-order chi connectivity index (χ1) is 12.1. The van der Waals surface area contributed by atoms with Crippen LogP contribution in [0.3, 0.4) is 0 Å². The average Bonchev–Trinajstić information content (AvgIpc) is 3.04. The van der Waals surface area contributed by atoms with Gasteiger partial charge in [-0.05, 0) is 72.6 Å². The molecule has 0 radical (unpaired) electrons. The van der Waals surface area contributed by atoms with Crippen molar-refractivity contribution < 1.29 is 19.0 Å². The topological polar surface area (TPSA) is 51.5 Å². The fourth-order valence-corrected chi connectivity index (χ4v) is 2.79. The summed E-state index contributed by atoms with van der Waals surface area (Å²) in [6.45, 7) is 0. The number of aliphatic carboxylic acids is 1. The monoisotopic (exact) mass is 339 g/mol. The van der Waals surface area contributed by atoms with Gasteiger partial charge in [0.25, 0.3) is 0 Å². The minimum atomic E-state index is -0.849. The van der Waals surface area contributed by atoms with Gasteiger partial charge in [-0.2, -0.15) is 0 Å². The molecule has 1 heterocycles. The lowest BCUT2D eigenvalue weighted by molar-refractivity contribution is -0.136. The zero-order valence-electron chi connectivity index (χ0n) is 13.8. The van der Waals surface area contributed by atoms with E-state index in [4.69, 9.17) is 9.84 Å². The highest BCUT2D eigenvalue weighted by Crippen LogP contribution is 2.29. The zero-order chi connectivity index (χ0) is 17.8. The van der Waals surface area contributed by atoms with Gasteiger partial charge < -0.3 is 14.4 Å². The number of hydrogen-bond donors (Lipinski definition) is 1. The fraction of sp³-hybridized carbons (Fsp3) is 0.150. The number of nitrogens with zero attached hydrogens (tertiary/aromatic N) is 1. The molecule has 0 aliphatic carbocycles. The standard InChI is InChI=1S/C20H18FNO3/c1-25-18-10-2-14(3-11-18)19-12-8-17(9-13-20(23)24)22(19)16-6-4-15(21)5-7-16/h2-8,10-12H,9,13H2,1H3,(H,23,24). The lowest BCUT2D eigenvalue weighted by atomic mass is 10.1. The summed E-state index contributed by atoms with van der Waals surface area (Å²) in [6, 6.07) is 17.6. The summed E-state index contributed by atoms with van der Waals surface area (Å²) in [5.74, 6) is -0.401. The Balaban J connectivity index is 2.07. The maximum Gasteiger partial charge on any atom is 0.303 e. The highest BCUT2D eigenvalue weighted by Gasteiger charge is 2.13. The van der Waals surface area contributed by atoms with Crippen molar-refractivity contribution in [1.29, 1.82) is 0 Å². The Morgan fingerprint density at radius 1 is 1.04 bits per heavy atom. The average molecular weight is 339 g/mol. The number of carboxylic acids is 1. The van der Waals surface area contributed by atoms with Crippen LogP contribution in [0.2, 0.25) is 0 Å². The number of carboxylic acid groups (broad SMARTS) is 1. The molecule has 0 atom stereocenters. The number of ether oxygens (including phenoxy) is 1. The number of aryl methyl sites for hydroxylation is 1. The number of methoxy groups -OCH3 is 1. The largest absolute Gasteiger partial charge is 0.497 e. The van der Waals surface area contributed by atoms with Crippen LogP contribution >= 0.6 is 0 Å². The third-order valence-electron chi connectivity index (χ3n) is 4.03. The molecule has 128 valence electrons. The van der Waals surface area contributed by atoms with E-state index in [2.05, 4.69) is 0 Å². The van der Waals surface area contributed by atoms with Gasteiger partial charge >= 0.3 is 5.97 Å². The van der Waals surface area contributed by atoms with E-state index in [0.717, 1.165) is 28.4 Å². The quantitative estimate of drug-likeness (QED) is 0.728. The van der Waals surface area contributed by atoms with Gasteiger partial charge in [-0.25, -0.2) is 4.39 Å². The minimum Gasteiger partial charge on any atom is -0.497 e. The van der Waals surface area contributed by atoms with Crippen molar-refractivity contribution in [1.82, 2.24) is 4.57 Å². The van der Waals surface area contributed by atoms with Gasteiger partial charge in [-0.3, -0.25) is 4.79 Å². The summed E-state index contributed by atoms with van der Waals surface area (Å²) >= 11 is 0. The van der Waals surface area contributed by atoms with E-state index in [1.807, 2.05) is 41.0 Å². The number of hydrogen-bond acceptors (Lipinski definition) is 2. The minimum absolute atomic E-state index is 0.0350. The summed E-state index contributed by atoms with van der Waals surface area (Å²) in [5.41, 5.74) is 3.53. The van der Waals surface area contributed by atoms with Gasteiger partial charge in [-0.15, -0.1) is 0 Å². The first-order valence-corrected chi connectivity index (χ1v) is 7.91. The molecule has 0 unspecified atom stereocenters. The molecule has 0 amide bonds. The van der Waals surface area contributed by atoms with Crippen LogP contribution < -0.4 is 4.74 Å². The van der Waals surface area contributed by atoms with Crippen molar-refractivity contribution in [3.63, 3.8) is 0 Å². The van der Waals surface area contributed by atoms with Crippen LogP contribution in [0, 0.1) is 5.82 Å². The summed E-state index contributed by atoms with van der Waals surface area (Å²) < 4.78 is 20.4. The van der Waals surface area contributed by atoms with Gasteiger partial charge in [0.2, 0.25) is 0 Å². The molecule has 4 nitrogen and oxygen atoms in total. The van der Waals surface area contributed by atoms with E-state index >= 15 is 0 Å². The van der Waals surface area contributed by atoms with Crippen molar-refractivity contribution in [2.45, 2.75) is 12.8 Å². The van der Waals surface area contributed by atoms with Crippen LogP contribution in [-0.4, -0.2) is 22.8 Å². The molecule has 2 aromatic carbocycles. The smallest absolute Gasteiger partial charge is 0.303 e. The maximum absolute atomic E-state index is 13.3. The number of rotatable bonds is 6. The lowest BCUT2D eigenvalue weighted by Gasteiger charge is -2.14. The van der Waals surface area contributed by atoms with Crippen LogP contribution in [0.1, 0.15) is 12.1 Å². The predicted octanol–water partition coefficient (Wildman–Crippen LogP) is 4.31. The molecule has 1 N–H and O–H groups in total.